The van der Waals surface area contributed by atoms with E-state index in [4.69, 9.17) is 10.5 Å². The predicted octanol–water partition coefficient (Wildman–Crippen LogP) is 3.05. The van der Waals surface area contributed by atoms with Crippen LogP contribution in [0.25, 0.3) is 0 Å². The number of non-ortho nitro benzene ring substituents is 1. The van der Waals surface area contributed by atoms with Crippen molar-refractivity contribution in [2.24, 2.45) is 5.73 Å². The van der Waals surface area contributed by atoms with Gasteiger partial charge in [-0.3, -0.25) is 14.9 Å². The molecule has 1 aromatic heterocycles. The van der Waals surface area contributed by atoms with Crippen LogP contribution in [0, 0.1) is 10.1 Å². The van der Waals surface area contributed by atoms with Gasteiger partial charge in [0.05, 0.1) is 17.2 Å². The number of amides is 2. The smallest absolute Gasteiger partial charge is 0.413 e. The fraction of sp³-hybridized carbons (Fsp3) is 0.208. The average Bonchev–Trinajstić information content (AvgIpc) is 3.36. The molecule has 0 spiro atoms. The van der Waals surface area contributed by atoms with E-state index in [1.54, 1.807) is 0 Å². The molecule has 0 bridgehead atoms. The highest BCUT2D eigenvalue weighted by molar-refractivity contribution is 5.99. The molecule has 0 saturated heterocycles. The SMILES string of the molecule is NCCC[C@H](NC(=O)Oc1ccc([N+](=O)[O-])cc1)C(=O)N(Cc1ccccc1)c1c[nH]c(C(=O)O)c1. The highest BCUT2D eigenvalue weighted by Gasteiger charge is 2.28. The van der Waals surface area contributed by atoms with E-state index < -0.39 is 28.9 Å². The number of nitrogens with one attached hydrogen (secondary N) is 2. The minimum Gasteiger partial charge on any atom is -0.477 e. The van der Waals surface area contributed by atoms with Gasteiger partial charge in [0.25, 0.3) is 5.69 Å². The van der Waals surface area contributed by atoms with E-state index in [2.05, 4.69) is 10.3 Å². The Morgan fingerprint density at radius 1 is 1.14 bits per heavy atom. The summed E-state index contributed by atoms with van der Waals surface area (Å²) in [6, 6.07) is 14.3. The van der Waals surface area contributed by atoms with Gasteiger partial charge in [-0.15, -0.1) is 0 Å². The lowest BCUT2D eigenvalue weighted by atomic mass is 10.1. The number of carboxylic acid groups (broad SMARTS) is 1. The van der Waals surface area contributed by atoms with Crippen molar-refractivity contribution in [2.75, 3.05) is 11.4 Å². The van der Waals surface area contributed by atoms with E-state index in [9.17, 15) is 29.6 Å². The first-order chi connectivity index (χ1) is 17.3. The molecule has 5 N–H and O–H groups in total. The van der Waals surface area contributed by atoms with Crippen molar-refractivity contribution in [1.29, 1.82) is 0 Å². The first-order valence-corrected chi connectivity index (χ1v) is 11.0. The fourth-order valence-corrected chi connectivity index (χ4v) is 3.41. The maximum atomic E-state index is 13.6. The first kappa shape index (κ1) is 25.9. The Hall–Kier alpha value is -4.71. The molecule has 36 heavy (non-hydrogen) atoms. The number of nitrogens with zero attached hydrogens (tertiary/aromatic N) is 2. The number of anilines is 1. The topological polar surface area (TPSA) is 181 Å². The Labute approximate surface area is 205 Å². The van der Waals surface area contributed by atoms with Crippen LogP contribution >= 0.6 is 0 Å². The third kappa shape index (κ3) is 6.90. The number of ether oxygens (including phenoxy) is 1. The molecule has 0 saturated carbocycles. The number of carboxylic acids is 1. The van der Waals surface area contributed by atoms with Crippen LogP contribution in [0.5, 0.6) is 5.75 Å². The molecule has 0 radical (unpaired) electrons. The normalized spacial score (nSPS) is 11.4. The summed E-state index contributed by atoms with van der Waals surface area (Å²) < 4.78 is 5.19. The molecule has 0 aliphatic carbocycles. The largest absolute Gasteiger partial charge is 0.477 e. The van der Waals surface area contributed by atoms with Crippen LogP contribution in [0.1, 0.15) is 28.9 Å². The van der Waals surface area contributed by atoms with Crippen LogP contribution in [-0.2, 0) is 11.3 Å². The van der Waals surface area contributed by atoms with E-state index in [0.717, 1.165) is 5.56 Å². The molecule has 3 aromatic rings. The minimum atomic E-state index is -1.18. The molecule has 0 unspecified atom stereocenters. The molecule has 1 heterocycles. The standard InChI is InChI=1S/C24H25N5O7/c25-12-4-7-20(27-24(33)36-19-10-8-17(9-11-19)29(34)35)22(30)28(15-16-5-2-1-3-6-16)18-13-21(23(31)32)26-14-18/h1-3,5-6,8-11,13-14,20,26H,4,7,12,15,25H2,(H,27,33)(H,31,32)/t20-/m0/s1. The number of H-pyrrole nitrogens is 1. The second-order valence-corrected chi connectivity index (χ2v) is 7.76. The molecular weight excluding hydrogens is 470 g/mol. The van der Waals surface area contributed by atoms with E-state index >= 15 is 0 Å². The van der Waals surface area contributed by atoms with Crippen molar-refractivity contribution < 1.29 is 29.2 Å². The minimum absolute atomic E-state index is 0.0565. The zero-order valence-electron chi connectivity index (χ0n) is 19.1. The number of aromatic amines is 1. The van der Waals surface area contributed by atoms with Crippen molar-refractivity contribution in [3.8, 4) is 5.75 Å². The summed E-state index contributed by atoms with van der Waals surface area (Å²) in [7, 11) is 0. The Balaban J connectivity index is 1.82. The van der Waals surface area contributed by atoms with Gasteiger partial charge in [0.2, 0.25) is 5.91 Å². The number of nitrogens with two attached hydrogens (primary N) is 1. The number of carbonyl (C=O) groups is 3. The lowest BCUT2D eigenvalue weighted by molar-refractivity contribution is -0.384. The highest BCUT2D eigenvalue weighted by Crippen LogP contribution is 2.22. The van der Waals surface area contributed by atoms with Gasteiger partial charge in [-0.05, 0) is 43.1 Å². The lowest BCUT2D eigenvalue weighted by Crippen LogP contribution is -2.49. The van der Waals surface area contributed by atoms with Gasteiger partial charge in [0.15, 0.2) is 0 Å². The summed E-state index contributed by atoms with van der Waals surface area (Å²) in [6.07, 6.45) is 1.09. The maximum absolute atomic E-state index is 13.6. The maximum Gasteiger partial charge on any atom is 0.413 e. The van der Waals surface area contributed by atoms with Gasteiger partial charge in [0.1, 0.15) is 17.5 Å². The van der Waals surface area contributed by atoms with E-state index in [1.807, 2.05) is 30.3 Å². The molecule has 1 atom stereocenters. The number of carbonyl (C=O) groups excluding carboxylic acids is 2. The number of nitro benzene ring substituents is 1. The predicted molar refractivity (Wildman–Crippen MR) is 130 cm³/mol. The zero-order valence-corrected chi connectivity index (χ0v) is 19.1. The number of aromatic nitrogens is 1. The van der Waals surface area contributed by atoms with E-state index in [1.165, 1.54) is 41.4 Å². The number of benzene rings is 2. The third-order valence-electron chi connectivity index (χ3n) is 5.20. The second-order valence-electron chi connectivity index (χ2n) is 7.76. The van der Waals surface area contributed by atoms with Crippen LogP contribution in [0.2, 0.25) is 0 Å². The molecular formula is C24H25N5O7. The molecule has 2 amide bonds. The van der Waals surface area contributed by atoms with Gasteiger partial charge in [-0.25, -0.2) is 9.59 Å². The van der Waals surface area contributed by atoms with Crippen LogP contribution in [0.4, 0.5) is 16.2 Å². The van der Waals surface area contributed by atoms with Gasteiger partial charge < -0.3 is 30.8 Å². The van der Waals surface area contributed by atoms with Crippen LogP contribution < -0.4 is 20.7 Å². The number of hydrogen-bond acceptors (Lipinski definition) is 7. The molecule has 12 heteroatoms. The summed E-state index contributed by atoms with van der Waals surface area (Å²) in [4.78, 5) is 51.8. The fourth-order valence-electron chi connectivity index (χ4n) is 3.41. The van der Waals surface area contributed by atoms with Gasteiger partial charge in [-0.2, -0.15) is 0 Å². The molecule has 0 fully saturated rings. The van der Waals surface area contributed by atoms with Crippen molar-refractivity contribution in [3.05, 3.63) is 88.2 Å². The van der Waals surface area contributed by atoms with Crippen molar-refractivity contribution in [1.82, 2.24) is 10.3 Å². The molecule has 0 aliphatic rings. The molecule has 12 nitrogen and oxygen atoms in total. The zero-order chi connectivity index (χ0) is 26.1. The number of rotatable bonds is 11. The molecule has 2 aromatic carbocycles. The number of hydrogen-bond donors (Lipinski definition) is 4. The lowest BCUT2D eigenvalue weighted by Gasteiger charge is -2.27. The van der Waals surface area contributed by atoms with Crippen LogP contribution in [0.3, 0.4) is 0 Å². The van der Waals surface area contributed by atoms with E-state index in [-0.39, 0.29) is 36.6 Å². The molecule has 0 aliphatic heterocycles. The Bertz CT molecular complexity index is 1210. The van der Waals surface area contributed by atoms with Crippen molar-refractivity contribution in [2.45, 2.75) is 25.4 Å². The third-order valence-corrected chi connectivity index (χ3v) is 5.20. The first-order valence-electron chi connectivity index (χ1n) is 11.0. The van der Waals surface area contributed by atoms with E-state index in [0.29, 0.717) is 12.1 Å². The van der Waals surface area contributed by atoms with Gasteiger partial charge in [-0.1, -0.05) is 30.3 Å². The quantitative estimate of drug-likeness (QED) is 0.231. The summed E-state index contributed by atoms with van der Waals surface area (Å²) in [5, 5.41) is 22.6. The van der Waals surface area contributed by atoms with Gasteiger partial charge in [0, 0.05) is 18.3 Å². The Kier molecular flexibility index (Phi) is 8.73. The van der Waals surface area contributed by atoms with Crippen LogP contribution in [-0.4, -0.2) is 45.6 Å². The van der Waals surface area contributed by atoms with Crippen LogP contribution in [0.15, 0.2) is 66.9 Å². The summed E-state index contributed by atoms with van der Waals surface area (Å²) >= 11 is 0. The highest BCUT2D eigenvalue weighted by atomic mass is 16.6. The monoisotopic (exact) mass is 495 g/mol. The Morgan fingerprint density at radius 2 is 1.83 bits per heavy atom. The summed E-state index contributed by atoms with van der Waals surface area (Å²) in [6.45, 7) is 0.393. The summed E-state index contributed by atoms with van der Waals surface area (Å²) in [5.41, 5.74) is 6.46. The number of aromatic carboxylic acids is 1. The Morgan fingerprint density at radius 3 is 2.42 bits per heavy atom. The summed E-state index contributed by atoms with van der Waals surface area (Å²) in [5.74, 6) is -1.62. The molecule has 3 rings (SSSR count). The molecule has 188 valence electrons. The van der Waals surface area contributed by atoms with Crippen molar-refractivity contribution >= 4 is 29.3 Å². The van der Waals surface area contributed by atoms with Crippen molar-refractivity contribution in [3.63, 3.8) is 0 Å². The average molecular weight is 495 g/mol. The van der Waals surface area contributed by atoms with Gasteiger partial charge >= 0.3 is 12.1 Å². The second kappa shape index (κ2) is 12.1. The number of nitro groups is 1.